The van der Waals surface area contributed by atoms with Gasteiger partial charge in [-0.3, -0.25) is 4.79 Å². The van der Waals surface area contributed by atoms with Crippen LogP contribution in [0.25, 0.3) is 0 Å². The average Bonchev–Trinajstić information content (AvgIpc) is 2.84. The van der Waals surface area contributed by atoms with Crippen molar-refractivity contribution in [3.8, 4) is 0 Å². The van der Waals surface area contributed by atoms with Crippen LogP contribution in [-0.4, -0.2) is 47.6 Å². The van der Waals surface area contributed by atoms with Gasteiger partial charge in [-0.2, -0.15) is 4.31 Å². The first kappa shape index (κ1) is 13.8. The van der Waals surface area contributed by atoms with Gasteiger partial charge < -0.3 is 10.2 Å². The Labute approximate surface area is 112 Å². The Morgan fingerprint density at radius 2 is 2.17 bits per heavy atom. The molecule has 0 spiro atoms. The van der Waals surface area contributed by atoms with Crippen LogP contribution in [0.2, 0.25) is 4.34 Å². The number of aliphatic hydroxyl groups is 1. The van der Waals surface area contributed by atoms with Crippen LogP contribution in [0.3, 0.4) is 0 Å². The maximum absolute atomic E-state index is 12.2. The van der Waals surface area contributed by atoms with Crippen molar-refractivity contribution < 1.29 is 23.4 Å². The van der Waals surface area contributed by atoms with Gasteiger partial charge in [0.05, 0.1) is 10.4 Å². The number of sulfonamides is 1. The zero-order chi connectivity index (χ0) is 13.5. The largest absolute Gasteiger partial charge is 0.480 e. The van der Waals surface area contributed by atoms with E-state index in [1.54, 1.807) is 0 Å². The molecule has 0 saturated carbocycles. The van der Waals surface area contributed by atoms with Crippen LogP contribution in [-0.2, 0) is 14.8 Å². The number of nitrogens with zero attached hydrogens (tertiary/aromatic N) is 1. The van der Waals surface area contributed by atoms with E-state index >= 15 is 0 Å². The molecule has 1 saturated heterocycles. The Hall–Kier alpha value is -0.670. The fourth-order valence-electron chi connectivity index (χ4n) is 1.83. The van der Waals surface area contributed by atoms with Gasteiger partial charge in [-0.05, 0) is 12.1 Å². The highest BCUT2D eigenvalue weighted by atomic mass is 35.5. The number of thiophene rings is 1. The molecule has 6 nitrogen and oxygen atoms in total. The Morgan fingerprint density at radius 1 is 1.50 bits per heavy atom. The van der Waals surface area contributed by atoms with E-state index in [9.17, 15) is 18.3 Å². The summed E-state index contributed by atoms with van der Waals surface area (Å²) in [5.41, 5.74) is 0. The third-order valence-electron chi connectivity index (χ3n) is 2.63. The molecule has 2 heterocycles. The molecular weight excluding hydrogens is 302 g/mol. The van der Waals surface area contributed by atoms with Crippen molar-refractivity contribution >= 4 is 38.9 Å². The van der Waals surface area contributed by atoms with Gasteiger partial charge in [0.25, 0.3) is 10.0 Å². The number of carboxylic acids is 1. The van der Waals surface area contributed by atoms with Crippen LogP contribution in [0, 0.1) is 0 Å². The van der Waals surface area contributed by atoms with Crippen molar-refractivity contribution in [2.24, 2.45) is 0 Å². The zero-order valence-electron chi connectivity index (χ0n) is 8.98. The van der Waals surface area contributed by atoms with Crippen molar-refractivity contribution in [2.45, 2.75) is 22.8 Å². The van der Waals surface area contributed by atoms with E-state index in [1.165, 1.54) is 12.1 Å². The first-order valence-electron chi connectivity index (χ1n) is 5.00. The molecule has 0 aromatic carbocycles. The molecule has 100 valence electrons. The van der Waals surface area contributed by atoms with E-state index in [2.05, 4.69) is 0 Å². The summed E-state index contributed by atoms with van der Waals surface area (Å²) in [6.07, 6.45) is -1.07. The number of carbonyl (C=O) groups is 1. The molecule has 2 atom stereocenters. The number of hydrogen-bond donors (Lipinski definition) is 2. The predicted octanol–water partition coefficient (Wildman–Crippen LogP) is 0.610. The second-order valence-electron chi connectivity index (χ2n) is 3.88. The zero-order valence-corrected chi connectivity index (χ0v) is 11.4. The van der Waals surface area contributed by atoms with Gasteiger partial charge in [0.2, 0.25) is 0 Å². The van der Waals surface area contributed by atoms with E-state index in [-0.39, 0.29) is 17.2 Å². The van der Waals surface area contributed by atoms with E-state index < -0.39 is 28.1 Å². The molecule has 1 aromatic heterocycles. The maximum atomic E-state index is 12.2. The fourth-order valence-corrected chi connectivity index (χ4v) is 5.07. The van der Waals surface area contributed by atoms with E-state index in [0.29, 0.717) is 4.34 Å². The van der Waals surface area contributed by atoms with Gasteiger partial charge >= 0.3 is 5.97 Å². The topological polar surface area (TPSA) is 94.9 Å². The van der Waals surface area contributed by atoms with Crippen molar-refractivity contribution in [1.82, 2.24) is 4.31 Å². The second kappa shape index (κ2) is 4.78. The van der Waals surface area contributed by atoms with E-state index in [1.807, 2.05) is 0 Å². The maximum Gasteiger partial charge on any atom is 0.322 e. The molecule has 1 unspecified atom stereocenters. The van der Waals surface area contributed by atoms with Crippen LogP contribution < -0.4 is 0 Å². The monoisotopic (exact) mass is 311 g/mol. The van der Waals surface area contributed by atoms with Crippen LogP contribution >= 0.6 is 22.9 Å². The first-order valence-corrected chi connectivity index (χ1v) is 7.64. The lowest BCUT2D eigenvalue weighted by molar-refractivity contribution is -0.140. The van der Waals surface area contributed by atoms with Gasteiger partial charge in [-0.25, -0.2) is 8.42 Å². The third kappa shape index (κ3) is 2.39. The molecule has 9 heteroatoms. The first-order chi connectivity index (χ1) is 8.32. The summed E-state index contributed by atoms with van der Waals surface area (Å²) in [4.78, 5) is 11.0. The van der Waals surface area contributed by atoms with Crippen molar-refractivity contribution in [3.63, 3.8) is 0 Å². The van der Waals surface area contributed by atoms with Crippen LogP contribution in [0.1, 0.15) is 6.42 Å². The summed E-state index contributed by atoms with van der Waals surface area (Å²) in [7, 11) is -3.92. The molecule has 0 amide bonds. The number of aliphatic carboxylic acids is 1. The Kier molecular flexibility index (Phi) is 3.65. The molecule has 2 rings (SSSR count). The molecular formula is C9H10ClNO5S2. The van der Waals surface area contributed by atoms with E-state index in [4.69, 9.17) is 16.7 Å². The molecule has 1 fully saturated rings. The predicted molar refractivity (Wildman–Crippen MR) is 65.3 cm³/mol. The summed E-state index contributed by atoms with van der Waals surface area (Å²) in [6.45, 7) is -0.213. The van der Waals surface area contributed by atoms with Crippen molar-refractivity contribution in [3.05, 3.63) is 16.5 Å². The van der Waals surface area contributed by atoms with Crippen LogP contribution in [0.5, 0.6) is 0 Å². The Balaban J connectivity index is 2.38. The standard InChI is InChI=1S/C9H10ClNO5S2/c10-7-1-2-8(17-7)18(15,16)11-4-5(12)3-6(11)9(13)14/h1-2,5-6,12H,3-4H2,(H,13,14)/t5?,6-/m0/s1. The van der Waals surface area contributed by atoms with Gasteiger partial charge in [-0.15, -0.1) is 11.3 Å². The average molecular weight is 312 g/mol. The number of rotatable bonds is 3. The highest BCUT2D eigenvalue weighted by Gasteiger charge is 2.44. The van der Waals surface area contributed by atoms with Gasteiger partial charge in [0.15, 0.2) is 0 Å². The Morgan fingerprint density at radius 3 is 2.67 bits per heavy atom. The summed E-state index contributed by atoms with van der Waals surface area (Å²) < 4.78 is 25.5. The Bertz CT molecular complexity index is 569. The number of hydrogen-bond acceptors (Lipinski definition) is 5. The minimum Gasteiger partial charge on any atom is -0.480 e. The fraction of sp³-hybridized carbons (Fsp3) is 0.444. The van der Waals surface area contributed by atoms with Crippen molar-refractivity contribution in [2.75, 3.05) is 6.54 Å². The van der Waals surface area contributed by atoms with Gasteiger partial charge in [0, 0.05) is 13.0 Å². The molecule has 1 aromatic rings. The summed E-state index contributed by atoms with van der Waals surface area (Å²) in [5.74, 6) is -1.27. The van der Waals surface area contributed by atoms with E-state index in [0.717, 1.165) is 15.6 Å². The lowest BCUT2D eigenvalue weighted by atomic mass is 10.2. The smallest absolute Gasteiger partial charge is 0.322 e. The third-order valence-corrected chi connectivity index (χ3v) is 6.20. The SMILES string of the molecule is O=C(O)[C@@H]1CC(O)CN1S(=O)(=O)c1ccc(Cl)s1. The molecule has 1 aliphatic heterocycles. The number of carboxylic acid groups (broad SMARTS) is 1. The molecule has 2 N–H and O–H groups in total. The van der Waals surface area contributed by atoms with Gasteiger partial charge in [0.1, 0.15) is 10.3 Å². The van der Waals surface area contributed by atoms with Crippen LogP contribution in [0.4, 0.5) is 0 Å². The molecule has 0 aliphatic carbocycles. The highest BCUT2D eigenvalue weighted by Crippen LogP contribution is 2.32. The van der Waals surface area contributed by atoms with Gasteiger partial charge in [-0.1, -0.05) is 11.6 Å². The number of halogens is 1. The normalized spacial score (nSPS) is 25.4. The minimum atomic E-state index is -3.92. The highest BCUT2D eigenvalue weighted by molar-refractivity contribution is 7.91. The summed E-state index contributed by atoms with van der Waals surface area (Å²) in [6, 6.07) is 1.53. The van der Waals surface area contributed by atoms with Crippen LogP contribution in [0.15, 0.2) is 16.3 Å². The summed E-state index contributed by atoms with van der Waals surface area (Å²) in [5, 5.41) is 18.4. The lowest BCUT2D eigenvalue weighted by Gasteiger charge is -2.19. The lowest BCUT2D eigenvalue weighted by Crippen LogP contribution is -2.40. The molecule has 0 bridgehead atoms. The second-order valence-corrected chi connectivity index (χ2v) is 7.71. The molecule has 1 aliphatic rings. The number of aliphatic hydroxyl groups excluding tert-OH is 1. The summed E-state index contributed by atoms with van der Waals surface area (Å²) >= 11 is 6.53. The molecule has 0 radical (unpaired) electrons. The minimum absolute atomic E-state index is 0.0205. The molecule has 18 heavy (non-hydrogen) atoms. The van der Waals surface area contributed by atoms with Crippen molar-refractivity contribution in [1.29, 1.82) is 0 Å². The number of β-amino-alcohol motifs (C(OH)–C–C–N with tert-alkyl or cyclic N) is 1. The quantitative estimate of drug-likeness (QED) is 0.853.